The zero-order valence-electron chi connectivity index (χ0n) is 13.6. The lowest BCUT2D eigenvalue weighted by atomic mass is 9.94. The lowest BCUT2D eigenvalue weighted by Gasteiger charge is -2.27. The minimum Gasteiger partial charge on any atom is -0.350 e. The van der Waals surface area contributed by atoms with Gasteiger partial charge in [-0.25, -0.2) is 0 Å². The Bertz CT molecular complexity index is 679. The molecule has 2 aromatic rings. The highest BCUT2D eigenvalue weighted by Crippen LogP contribution is 2.22. The molecule has 0 bridgehead atoms. The fraction of sp³-hybridized carbons (Fsp3) is 0.316. The number of carbonyl (C=O) groups is 1. The van der Waals surface area contributed by atoms with E-state index in [1.54, 1.807) is 0 Å². The van der Waals surface area contributed by atoms with Crippen LogP contribution in [0.4, 0.5) is 0 Å². The first kappa shape index (κ1) is 17.5. The summed E-state index contributed by atoms with van der Waals surface area (Å²) in [7, 11) is 0. The molecule has 1 aliphatic rings. The largest absolute Gasteiger partial charge is 0.350 e. The highest BCUT2D eigenvalue weighted by atomic mass is 35.5. The summed E-state index contributed by atoms with van der Waals surface area (Å²) in [5, 5.41) is 6.55. The van der Waals surface area contributed by atoms with E-state index < -0.39 is 0 Å². The molecule has 0 fully saturated rings. The molecule has 1 atom stereocenters. The lowest BCUT2D eigenvalue weighted by molar-refractivity contribution is 0.0949. The van der Waals surface area contributed by atoms with Crippen LogP contribution in [0.3, 0.4) is 0 Å². The van der Waals surface area contributed by atoms with Gasteiger partial charge in [0.15, 0.2) is 0 Å². The number of carbonyl (C=O) groups excluding carboxylic acids is 1. The molecule has 3 nitrogen and oxygen atoms in total. The summed E-state index contributed by atoms with van der Waals surface area (Å²) >= 11 is 0. The molecule has 3 rings (SSSR count). The van der Waals surface area contributed by atoms with Gasteiger partial charge in [-0.3, -0.25) is 4.79 Å². The Hall–Kier alpha value is -1.84. The summed E-state index contributed by atoms with van der Waals surface area (Å²) in [5.41, 5.74) is 5.65. The molecule has 23 heavy (non-hydrogen) atoms. The Labute approximate surface area is 143 Å². The fourth-order valence-corrected chi connectivity index (χ4v) is 3.18. The van der Waals surface area contributed by atoms with Crippen LogP contribution < -0.4 is 10.6 Å². The zero-order valence-corrected chi connectivity index (χ0v) is 14.4. The smallest absolute Gasteiger partial charge is 0.251 e. The molecule has 0 aromatic heterocycles. The number of fused-ring (bicyclic) bond motifs is 1. The molecule has 122 valence electrons. The zero-order chi connectivity index (χ0) is 15.5. The number of hydrogen-bond acceptors (Lipinski definition) is 2. The monoisotopic (exact) mass is 330 g/mol. The van der Waals surface area contributed by atoms with E-state index in [0.29, 0.717) is 6.54 Å². The molecule has 0 saturated carbocycles. The van der Waals surface area contributed by atoms with Gasteiger partial charge in [-0.15, -0.1) is 12.4 Å². The van der Waals surface area contributed by atoms with Crippen molar-refractivity contribution in [3.63, 3.8) is 0 Å². The van der Waals surface area contributed by atoms with Gasteiger partial charge in [-0.05, 0) is 50.1 Å². The third-order valence-corrected chi connectivity index (χ3v) is 4.17. The minimum atomic E-state index is -0.00310. The average molecular weight is 331 g/mol. The molecule has 0 saturated heterocycles. The van der Waals surface area contributed by atoms with E-state index in [9.17, 15) is 4.79 Å². The quantitative estimate of drug-likeness (QED) is 0.906. The van der Waals surface area contributed by atoms with Crippen LogP contribution >= 0.6 is 12.4 Å². The third kappa shape index (κ3) is 4.12. The van der Waals surface area contributed by atoms with Crippen molar-refractivity contribution in [2.75, 3.05) is 13.1 Å². The van der Waals surface area contributed by atoms with Crippen molar-refractivity contribution in [1.82, 2.24) is 10.6 Å². The van der Waals surface area contributed by atoms with Gasteiger partial charge < -0.3 is 10.6 Å². The number of hydrogen-bond donors (Lipinski definition) is 2. The van der Waals surface area contributed by atoms with Gasteiger partial charge >= 0.3 is 0 Å². The van der Waals surface area contributed by atoms with E-state index >= 15 is 0 Å². The molecule has 2 N–H and O–H groups in total. The molecule has 2 aromatic carbocycles. The van der Waals surface area contributed by atoms with E-state index in [2.05, 4.69) is 41.0 Å². The molecule has 1 amide bonds. The molecular formula is C19H23ClN2O. The summed E-state index contributed by atoms with van der Waals surface area (Å²) in [6, 6.07) is 14.6. The summed E-state index contributed by atoms with van der Waals surface area (Å²) in [5.74, 6) is -0.00310. The first-order valence-electron chi connectivity index (χ1n) is 7.81. The van der Waals surface area contributed by atoms with Gasteiger partial charge in [-0.2, -0.15) is 0 Å². The van der Waals surface area contributed by atoms with E-state index in [0.717, 1.165) is 29.7 Å². The van der Waals surface area contributed by atoms with Crippen molar-refractivity contribution >= 4 is 18.3 Å². The van der Waals surface area contributed by atoms with Crippen molar-refractivity contribution < 1.29 is 4.79 Å². The van der Waals surface area contributed by atoms with Crippen LogP contribution in [0.2, 0.25) is 0 Å². The van der Waals surface area contributed by atoms with Crippen LogP contribution in [0.1, 0.15) is 38.7 Å². The highest BCUT2D eigenvalue weighted by molar-refractivity contribution is 5.94. The first-order chi connectivity index (χ1) is 10.6. The second-order valence-electron chi connectivity index (χ2n) is 6.04. The summed E-state index contributed by atoms with van der Waals surface area (Å²) in [4.78, 5) is 12.4. The molecule has 4 heteroatoms. The van der Waals surface area contributed by atoms with Crippen LogP contribution in [0, 0.1) is 13.8 Å². The SMILES string of the molecule is Cc1cc(C)cc(C(=O)NCC2NCCc3ccccc32)c1.Cl. The van der Waals surface area contributed by atoms with E-state index in [1.165, 1.54) is 11.1 Å². The van der Waals surface area contributed by atoms with Crippen molar-refractivity contribution in [1.29, 1.82) is 0 Å². The Balaban J connectivity index is 0.00000192. The van der Waals surface area contributed by atoms with Crippen LogP contribution in [0.15, 0.2) is 42.5 Å². The van der Waals surface area contributed by atoms with Gasteiger partial charge in [0.05, 0.1) is 0 Å². The van der Waals surface area contributed by atoms with Crippen molar-refractivity contribution in [3.05, 3.63) is 70.3 Å². The predicted molar refractivity (Wildman–Crippen MR) is 96.4 cm³/mol. The van der Waals surface area contributed by atoms with E-state index in [-0.39, 0.29) is 24.4 Å². The molecule has 1 unspecified atom stereocenters. The maximum absolute atomic E-state index is 12.4. The molecule has 1 aliphatic heterocycles. The van der Waals surface area contributed by atoms with E-state index in [1.807, 2.05) is 26.0 Å². The Morgan fingerprint density at radius 1 is 1.17 bits per heavy atom. The Kier molecular flexibility index (Phi) is 5.80. The van der Waals surface area contributed by atoms with Crippen molar-refractivity contribution in [2.24, 2.45) is 0 Å². The molecule has 1 heterocycles. The normalized spacial score (nSPS) is 16.2. The molecular weight excluding hydrogens is 308 g/mol. The number of nitrogens with one attached hydrogen (secondary N) is 2. The summed E-state index contributed by atoms with van der Waals surface area (Å²) in [6.07, 6.45) is 1.05. The van der Waals surface area contributed by atoms with Gasteiger partial charge in [0.1, 0.15) is 0 Å². The lowest BCUT2D eigenvalue weighted by Crippen LogP contribution is -2.38. The van der Waals surface area contributed by atoms with Crippen LogP contribution in [-0.2, 0) is 6.42 Å². The number of benzene rings is 2. The highest BCUT2D eigenvalue weighted by Gasteiger charge is 2.19. The standard InChI is InChI=1S/C19H22N2O.ClH/c1-13-9-14(2)11-16(10-13)19(22)21-12-18-17-6-4-3-5-15(17)7-8-20-18;/h3-6,9-11,18,20H,7-8,12H2,1-2H3,(H,21,22);1H. The maximum atomic E-state index is 12.4. The van der Waals surface area contributed by atoms with Gasteiger partial charge in [-0.1, -0.05) is 41.5 Å². The van der Waals surface area contributed by atoms with Gasteiger partial charge in [0.25, 0.3) is 5.91 Å². The van der Waals surface area contributed by atoms with E-state index in [4.69, 9.17) is 0 Å². The number of amides is 1. The fourth-order valence-electron chi connectivity index (χ4n) is 3.18. The first-order valence-corrected chi connectivity index (χ1v) is 7.81. The number of halogens is 1. The predicted octanol–water partition coefficient (Wildman–Crippen LogP) is 3.34. The molecule has 0 aliphatic carbocycles. The third-order valence-electron chi connectivity index (χ3n) is 4.17. The maximum Gasteiger partial charge on any atom is 0.251 e. The topological polar surface area (TPSA) is 41.1 Å². The second-order valence-corrected chi connectivity index (χ2v) is 6.04. The van der Waals surface area contributed by atoms with Crippen LogP contribution in [0.25, 0.3) is 0 Å². The second kappa shape index (κ2) is 7.62. The van der Waals surface area contributed by atoms with Crippen LogP contribution in [-0.4, -0.2) is 19.0 Å². The Morgan fingerprint density at radius 2 is 1.87 bits per heavy atom. The number of aryl methyl sites for hydroxylation is 2. The van der Waals surface area contributed by atoms with Crippen molar-refractivity contribution in [3.8, 4) is 0 Å². The van der Waals surface area contributed by atoms with Crippen LogP contribution in [0.5, 0.6) is 0 Å². The van der Waals surface area contributed by atoms with Gasteiger partial charge in [0, 0.05) is 18.2 Å². The number of rotatable bonds is 3. The summed E-state index contributed by atoms with van der Waals surface area (Å²) in [6.45, 7) is 5.61. The van der Waals surface area contributed by atoms with Crippen molar-refractivity contribution in [2.45, 2.75) is 26.3 Å². The molecule has 0 spiro atoms. The molecule has 0 radical (unpaired) electrons. The Morgan fingerprint density at radius 3 is 2.61 bits per heavy atom. The van der Waals surface area contributed by atoms with Gasteiger partial charge in [0.2, 0.25) is 0 Å². The summed E-state index contributed by atoms with van der Waals surface area (Å²) < 4.78 is 0. The average Bonchev–Trinajstić information content (AvgIpc) is 2.51. The minimum absolute atomic E-state index is 0.